The number of carbonyl (C=O) groups is 1. The highest BCUT2D eigenvalue weighted by Crippen LogP contribution is 2.20. The Hall–Kier alpha value is -3.33. The number of carbonyl (C=O) groups excluding carboxylic acids is 1. The first-order chi connectivity index (χ1) is 14.2. The van der Waals surface area contributed by atoms with Crippen molar-refractivity contribution in [3.63, 3.8) is 0 Å². The third-order valence-electron chi connectivity index (χ3n) is 4.93. The number of fused-ring (bicyclic) bond motifs is 1. The largest absolute Gasteiger partial charge is 0.383 e. The number of hydrogen-bond donors (Lipinski definition) is 1. The number of nitrogens with zero attached hydrogens (tertiary/aromatic N) is 3. The summed E-state index contributed by atoms with van der Waals surface area (Å²) < 4.78 is 20.6. The number of methoxy groups -OCH3 is 1. The molecular formula is C21H23FN4O4. The first kappa shape index (κ1) is 21.4. The predicted molar refractivity (Wildman–Crippen MR) is 110 cm³/mol. The van der Waals surface area contributed by atoms with Gasteiger partial charge >= 0.3 is 5.69 Å². The minimum absolute atomic E-state index is 0.0100. The van der Waals surface area contributed by atoms with Gasteiger partial charge in [-0.2, -0.15) is 0 Å². The van der Waals surface area contributed by atoms with Crippen LogP contribution in [0.2, 0.25) is 0 Å². The number of amides is 1. The average Bonchev–Trinajstić information content (AvgIpc) is 2.70. The highest BCUT2D eigenvalue weighted by Gasteiger charge is 2.26. The Morgan fingerprint density at radius 1 is 1.33 bits per heavy atom. The van der Waals surface area contributed by atoms with Crippen molar-refractivity contribution in [3.05, 3.63) is 73.8 Å². The quantitative estimate of drug-likeness (QED) is 0.663. The monoisotopic (exact) mass is 414 g/mol. The second-order valence-corrected chi connectivity index (χ2v) is 7.16. The molecule has 158 valence electrons. The molecule has 1 amide bonds. The van der Waals surface area contributed by atoms with Gasteiger partial charge in [0.2, 0.25) is 0 Å². The molecule has 0 unspecified atom stereocenters. The molecule has 3 rings (SSSR count). The topological polar surface area (TPSA) is 97.3 Å². The van der Waals surface area contributed by atoms with E-state index in [-0.39, 0.29) is 29.7 Å². The maximum Gasteiger partial charge on any atom is 0.329 e. The Labute approximate surface area is 171 Å². The number of halogens is 1. The predicted octanol–water partition coefficient (Wildman–Crippen LogP) is 1.75. The maximum absolute atomic E-state index is 14.3. The molecule has 2 aromatic heterocycles. The van der Waals surface area contributed by atoms with Crippen LogP contribution < -0.4 is 11.2 Å². The number of H-pyrrole nitrogens is 1. The molecule has 30 heavy (non-hydrogen) atoms. The molecule has 1 atom stereocenters. The van der Waals surface area contributed by atoms with Crippen LogP contribution in [0, 0.1) is 12.7 Å². The van der Waals surface area contributed by atoms with Gasteiger partial charge in [0.25, 0.3) is 11.5 Å². The van der Waals surface area contributed by atoms with E-state index in [2.05, 4.69) is 9.97 Å². The molecule has 0 aliphatic rings. The number of benzene rings is 1. The van der Waals surface area contributed by atoms with Crippen LogP contribution >= 0.6 is 0 Å². The van der Waals surface area contributed by atoms with Crippen LogP contribution in [0.25, 0.3) is 11.0 Å². The highest BCUT2D eigenvalue weighted by molar-refractivity contribution is 6.05. The van der Waals surface area contributed by atoms with Gasteiger partial charge in [-0.25, -0.2) is 14.2 Å². The van der Waals surface area contributed by atoms with E-state index < -0.39 is 29.0 Å². The number of aromatic amines is 1. The van der Waals surface area contributed by atoms with Gasteiger partial charge < -0.3 is 9.64 Å². The SMILES string of the molecule is COC[C@H](C)N(Cc1ccccc1F)C(=O)c1cc(C)nc2c1c(=O)[nH]c(=O)n2C. The number of hydrogen-bond acceptors (Lipinski definition) is 5. The Balaban J connectivity index is 2.18. The fourth-order valence-electron chi connectivity index (χ4n) is 3.36. The number of aryl methyl sites for hydroxylation is 2. The minimum Gasteiger partial charge on any atom is -0.383 e. The minimum atomic E-state index is -0.700. The van der Waals surface area contributed by atoms with Crippen LogP contribution in [0.5, 0.6) is 0 Å². The second kappa shape index (κ2) is 8.58. The van der Waals surface area contributed by atoms with Gasteiger partial charge in [0.05, 0.1) is 23.6 Å². The van der Waals surface area contributed by atoms with Crippen molar-refractivity contribution in [1.29, 1.82) is 0 Å². The lowest BCUT2D eigenvalue weighted by atomic mass is 10.1. The summed E-state index contributed by atoms with van der Waals surface area (Å²) in [6.45, 7) is 3.65. The first-order valence-corrected chi connectivity index (χ1v) is 9.38. The summed E-state index contributed by atoms with van der Waals surface area (Å²) in [5.41, 5.74) is -0.318. The van der Waals surface area contributed by atoms with Gasteiger partial charge in [-0.05, 0) is 26.0 Å². The molecule has 0 saturated heterocycles. The van der Waals surface area contributed by atoms with Crippen LogP contribution in [-0.4, -0.2) is 45.1 Å². The van der Waals surface area contributed by atoms with Crippen molar-refractivity contribution in [1.82, 2.24) is 19.4 Å². The molecule has 0 aliphatic heterocycles. The van der Waals surface area contributed by atoms with E-state index in [1.54, 1.807) is 32.0 Å². The molecule has 0 bridgehead atoms. The molecule has 0 saturated carbocycles. The van der Waals surface area contributed by atoms with Gasteiger partial charge in [0, 0.05) is 32.0 Å². The number of aromatic nitrogens is 3. The van der Waals surface area contributed by atoms with Crippen molar-refractivity contribution in [2.75, 3.05) is 13.7 Å². The molecule has 1 N–H and O–H groups in total. The van der Waals surface area contributed by atoms with E-state index in [4.69, 9.17) is 4.74 Å². The molecule has 9 heteroatoms. The van der Waals surface area contributed by atoms with Gasteiger partial charge in [0.1, 0.15) is 11.5 Å². The van der Waals surface area contributed by atoms with E-state index in [9.17, 15) is 18.8 Å². The average molecular weight is 414 g/mol. The van der Waals surface area contributed by atoms with E-state index in [0.717, 1.165) is 0 Å². The summed E-state index contributed by atoms with van der Waals surface area (Å²) in [7, 11) is 2.97. The zero-order chi connectivity index (χ0) is 22.0. The summed E-state index contributed by atoms with van der Waals surface area (Å²) in [6, 6.07) is 7.28. The maximum atomic E-state index is 14.3. The number of nitrogens with one attached hydrogen (secondary N) is 1. The zero-order valence-electron chi connectivity index (χ0n) is 17.2. The molecule has 0 spiro atoms. The Morgan fingerprint density at radius 2 is 2.03 bits per heavy atom. The molecule has 0 aliphatic carbocycles. The fraction of sp³-hybridized carbons (Fsp3) is 0.333. The molecule has 0 radical (unpaired) electrons. The van der Waals surface area contributed by atoms with Crippen molar-refractivity contribution >= 4 is 16.9 Å². The number of ether oxygens (including phenoxy) is 1. The standard InChI is InChI=1S/C21H23FN4O4/c1-12-9-15(17-18(23-12)25(3)21(29)24-19(17)27)20(28)26(13(2)11-30-4)10-14-7-5-6-8-16(14)22/h5-9,13H,10-11H2,1-4H3,(H,24,27,29)/t13-/m0/s1. The van der Waals surface area contributed by atoms with Crippen LogP contribution in [0.1, 0.15) is 28.5 Å². The number of pyridine rings is 1. The summed E-state index contributed by atoms with van der Waals surface area (Å²) in [5, 5.41) is 0.0100. The Kier molecular flexibility index (Phi) is 6.12. The molecule has 3 aromatic rings. The van der Waals surface area contributed by atoms with Gasteiger partial charge in [-0.3, -0.25) is 19.1 Å². The first-order valence-electron chi connectivity index (χ1n) is 9.38. The van der Waals surface area contributed by atoms with Gasteiger partial charge in [0.15, 0.2) is 0 Å². The summed E-state index contributed by atoms with van der Waals surface area (Å²) in [4.78, 5) is 46.0. The second-order valence-electron chi connectivity index (χ2n) is 7.16. The zero-order valence-corrected chi connectivity index (χ0v) is 17.2. The number of rotatable bonds is 6. The van der Waals surface area contributed by atoms with Crippen LogP contribution in [0.15, 0.2) is 39.9 Å². The van der Waals surface area contributed by atoms with Gasteiger partial charge in [-0.1, -0.05) is 18.2 Å². The molecule has 8 nitrogen and oxygen atoms in total. The van der Waals surface area contributed by atoms with E-state index >= 15 is 0 Å². The fourth-order valence-corrected chi connectivity index (χ4v) is 3.36. The normalized spacial score (nSPS) is 12.2. The Morgan fingerprint density at radius 3 is 2.70 bits per heavy atom. The van der Waals surface area contributed by atoms with Crippen LogP contribution in [-0.2, 0) is 18.3 Å². The summed E-state index contributed by atoms with van der Waals surface area (Å²) >= 11 is 0. The highest BCUT2D eigenvalue weighted by atomic mass is 19.1. The molecule has 2 heterocycles. The van der Waals surface area contributed by atoms with Crippen molar-refractivity contribution < 1.29 is 13.9 Å². The van der Waals surface area contributed by atoms with Crippen molar-refractivity contribution in [2.45, 2.75) is 26.4 Å². The van der Waals surface area contributed by atoms with Crippen LogP contribution in [0.4, 0.5) is 4.39 Å². The lowest BCUT2D eigenvalue weighted by Crippen LogP contribution is -2.41. The molecule has 0 fully saturated rings. The molecule has 1 aromatic carbocycles. The van der Waals surface area contributed by atoms with E-state index in [1.807, 2.05) is 0 Å². The summed E-state index contributed by atoms with van der Waals surface area (Å²) in [5.74, 6) is -0.918. The van der Waals surface area contributed by atoms with Crippen LogP contribution in [0.3, 0.4) is 0 Å². The third-order valence-corrected chi connectivity index (χ3v) is 4.93. The van der Waals surface area contributed by atoms with E-state index in [0.29, 0.717) is 11.3 Å². The lowest BCUT2D eigenvalue weighted by Gasteiger charge is -2.29. The van der Waals surface area contributed by atoms with E-state index in [1.165, 1.54) is 35.8 Å². The third kappa shape index (κ3) is 4.02. The van der Waals surface area contributed by atoms with Crippen molar-refractivity contribution in [2.24, 2.45) is 7.05 Å². The van der Waals surface area contributed by atoms with Gasteiger partial charge in [-0.15, -0.1) is 0 Å². The summed E-state index contributed by atoms with van der Waals surface area (Å²) in [6.07, 6.45) is 0. The molecular weight excluding hydrogens is 391 g/mol. The lowest BCUT2D eigenvalue weighted by molar-refractivity contribution is 0.0541. The smallest absolute Gasteiger partial charge is 0.329 e. The van der Waals surface area contributed by atoms with Crippen molar-refractivity contribution in [3.8, 4) is 0 Å². The Bertz CT molecular complexity index is 1220.